The van der Waals surface area contributed by atoms with Gasteiger partial charge in [0.2, 0.25) is 0 Å². The van der Waals surface area contributed by atoms with Crippen LogP contribution in [0.2, 0.25) is 0 Å². The third-order valence-electron chi connectivity index (χ3n) is 1.23. The van der Waals surface area contributed by atoms with Crippen LogP contribution in [0.25, 0.3) is 0 Å². The van der Waals surface area contributed by atoms with Gasteiger partial charge in [0.05, 0.1) is 6.10 Å². The third-order valence-corrected chi connectivity index (χ3v) is 1.23. The molecule has 1 aliphatic rings. The molecule has 8 heavy (non-hydrogen) atoms. The maximum Gasteiger partial charge on any atom is 0.0721 e. The normalized spacial score (nSPS) is 26.9. The van der Waals surface area contributed by atoms with Gasteiger partial charge in [0.15, 0.2) is 0 Å². The van der Waals surface area contributed by atoms with Crippen LogP contribution in [0.15, 0.2) is 12.2 Å². The van der Waals surface area contributed by atoms with E-state index in [1.54, 1.807) is 0 Å². The zero-order valence-corrected chi connectivity index (χ0v) is 7.72. The second-order valence-electron chi connectivity index (χ2n) is 1.93. The van der Waals surface area contributed by atoms with E-state index in [4.69, 9.17) is 5.11 Å². The molecule has 1 nitrogen and oxygen atoms in total. The van der Waals surface area contributed by atoms with E-state index in [0.717, 1.165) is 19.3 Å². The number of rotatable bonds is 0. The van der Waals surface area contributed by atoms with Crippen LogP contribution in [-0.2, 0) is 32.7 Å². The predicted molar refractivity (Wildman–Crippen MR) is 29.0 cm³/mol. The summed E-state index contributed by atoms with van der Waals surface area (Å²) in [6.45, 7) is 0. The molecule has 1 unspecified atom stereocenters. The van der Waals surface area contributed by atoms with Crippen molar-refractivity contribution >= 4 is 0 Å². The molecule has 0 heterocycles. The van der Waals surface area contributed by atoms with Gasteiger partial charge in [-0.05, 0) is 19.3 Å². The molecule has 1 rings (SSSR count). The van der Waals surface area contributed by atoms with Gasteiger partial charge in [-0.3, -0.25) is 0 Å². The van der Waals surface area contributed by atoms with Gasteiger partial charge in [-0.2, -0.15) is 0 Å². The molecule has 1 N–H and O–H groups in total. The average molecular weight is 187 g/mol. The van der Waals surface area contributed by atoms with E-state index in [0.29, 0.717) is 0 Å². The van der Waals surface area contributed by atoms with Gasteiger partial charge in [0, 0.05) is 32.7 Å². The van der Waals surface area contributed by atoms with Crippen molar-refractivity contribution in [2.75, 3.05) is 0 Å². The second-order valence-corrected chi connectivity index (χ2v) is 1.93. The Hall–Kier alpha value is 0.804. The minimum absolute atomic E-state index is 0. The number of aliphatic hydroxyl groups is 1. The molecular formula is C6H10OY. The summed E-state index contributed by atoms with van der Waals surface area (Å²) < 4.78 is 0. The Kier molecular flexibility index (Phi) is 5.13. The Bertz CT molecular complexity index is 80.6. The summed E-state index contributed by atoms with van der Waals surface area (Å²) >= 11 is 0. The molecule has 0 fully saturated rings. The first kappa shape index (κ1) is 8.80. The molecule has 2 heteroatoms. The smallest absolute Gasteiger partial charge is 0.0721 e. The molecule has 0 aromatic carbocycles. The van der Waals surface area contributed by atoms with Gasteiger partial charge in [-0.1, -0.05) is 12.2 Å². The first-order valence-corrected chi connectivity index (χ1v) is 2.74. The standard InChI is InChI=1S/C6H10O.Y/c7-6-4-2-1-3-5-6;/h2,4,6-7H,1,3,5H2;. The van der Waals surface area contributed by atoms with Crippen molar-refractivity contribution in [1.82, 2.24) is 0 Å². The maximum absolute atomic E-state index is 8.82. The van der Waals surface area contributed by atoms with E-state index in [1.807, 2.05) is 12.2 Å². The summed E-state index contributed by atoms with van der Waals surface area (Å²) in [5.41, 5.74) is 0. The Morgan fingerprint density at radius 3 is 2.50 bits per heavy atom. The number of hydrogen-bond donors (Lipinski definition) is 1. The number of aliphatic hydroxyl groups excluding tert-OH is 1. The molecule has 43 valence electrons. The van der Waals surface area contributed by atoms with Crippen molar-refractivity contribution in [1.29, 1.82) is 0 Å². The van der Waals surface area contributed by atoms with Gasteiger partial charge in [0.25, 0.3) is 0 Å². The summed E-state index contributed by atoms with van der Waals surface area (Å²) in [6, 6.07) is 0. The molecule has 1 atom stereocenters. The van der Waals surface area contributed by atoms with Crippen LogP contribution >= 0.6 is 0 Å². The first-order chi connectivity index (χ1) is 3.39. The fourth-order valence-corrected chi connectivity index (χ4v) is 0.794. The minimum atomic E-state index is -0.145. The number of hydrogen-bond acceptors (Lipinski definition) is 1. The summed E-state index contributed by atoms with van der Waals surface area (Å²) in [5.74, 6) is 0. The largest absolute Gasteiger partial charge is 0.389 e. The quantitative estimate of drug-likeness (QED) is 0.562. The molecular weight excluding hydrogens is 177 g/mol. The molecule has 0 bridgehead atoms. The third kappa shape index (κ3) is 2.96. The van der Waals surface area contributed by atoms with Crippen LogP contribution in [0.5, 0.6) is 0 Å². The Balaban J connectivity index is 0.000000490. The molecule has 0 spiro atoms. The number of allylic oxidation sites excluding steroid dienone is 1. The van der Waals surface area contributed by atoms with Gasteiger partial charge in [-0.25, -0.2) is 0 Å². The van der Waals surface area contributed by atoms with Crippen molar-refractivity contribution in [3.8, 4) is 0 Å². The van der Waals surface area contributed by atoms with Crippen LogP contribution in [0, 0.1) is 0 Å². The molecule has 0 aromatic rings. The Morgan fingerprint density at radius 1 is 1.50 bits per heavy atom. The molecule has 0 saturated heterocycles. The monoisotopic (exact) mass is 187 g/mol. The fourth-order valence-electron chi connectivity index (χ4n) is 0.794. The van der Waals surface area contributed by atoms with Crippen molar-refractivity contribution in [3.63, 3.8) is 0 Å². The second kappa shape index (κ2) is 4.66. The Labute approximate surface area is 75.0 Å². The molecule has 0 saturated carbocycles. The van der Waals surface area contributed by atoms with E-state index >= 15 is 0 Å². The van der Waals surface area contributed by atoms with Crippen molar-refractivity contribution in [2.24, 2.45) is 0 Å². The fraction of sp³-hybridized carbons (Fsp3) is 0.667. The van der Waals surface area contributed by atoms with Crippen molar-refractivity contribution in [3.05, 3.63) is 12.2 Å². The zero-order valence-electron chi connectivity index (χ0n) is 4.88. The van der Waals surface area contributed by atoms with Crippen molar-refractivity contribution in [2.45, 2.75) is 25.4 Å². The summed E-state index contributed by atoms with van der Waals surface area (Å²) in [5, 5.41) is 8.82. The van der Waals surface area contributed by atoms with E-state index < -0.39 is 0 Å². The topological polar surface area (TPSA) is 20.2 Å². The molecule has 0 amide bonds. The van der Waals surface area contributed by atoms with Crippen LogP contribution in [0.4, 0.5) is 0 Å². The van der Waals surface area contributed by atoms with Crippen LogP contribution in [-0.4, -0.2) is 11.2 Å². The molecule has 1 radical (unpaired) electrons. The van der Waals surface area contributed by atoms with Gasteiger partial charge >= 0.3 is 0 Å². The molecule has 0 aromatic heterocycles. The molecule has 1 aliphatic carbocycles. The van der Waals surface area contributed by atoms with Crippen LogP contribution < -0.4 is 0 Å². The maximum atomic E-state index is 8.82. The zero-order chi connectivity index (χ0) is 5.11. The minimum Gasteiger partial charge on any atom is -0.389 e. The first-order valence-electron chi connectivity index (χ1n) is 2.74. The van der Waals surface area contributed by atoms with Crippen LogP contribution in [0.3, 0.4) is 0 Å². The van der Waals surface area contributed by atoms with E-state index in [-0.39, 0.29) is 38.8 Å². The van der Waals surface area contributed by atoms with Crippen LogP contribution in [0.1, 0.15) is 19.3 Å². The summed E-state index contributed by atoms with van der Waals surface area (Å²) in [6.07, 6.45) is 7.01. The van der Waals surface area contributed by atoms with Gasteiger partial charge < -0.3 is 5.11 Å². The summed E-state index contributed by atoms with van der Waals surface area (Å²) in [7, 11) is 0. The van der Waals surface area contributed by atoms with E-state index in [2.05, 4.69) is 0 Å². The predicted octanol–water partition coefficient (Wildman–Crippen LogP) is 1.08. The molecule has 0 aliphatic heterocycles. The van der Waals surface area contributed by atoms with E-state index in [1.165, 1.54) is 0 Å². The van der Waals surface area contributed by atoms with Crippen molar-refractivity contribution < 1.29 is 37.8 Å². The SMILES string of the molecule is OC1C=CCCC1.[Y]. The average Bonchev–Trinajstić information content (AvgIpc) is 1.69. The Morgan fingerprint density at radius 2 is 2.25 bits per heavy atom. The van der Waals surface area contributed by atoms with Gasteiger partial charge in [0.1, 0.15) is 0 Å². The van der Waals surface area contributed by atoms with Gasteiger partial charge in [-0.15, -0.1) is 0 Å². The summed E-state index contributed by atoms with van der Waals surface area (Å²) in [4.78, 5) is 0. The van der Waals surface area contributed by atoms with E-state index in [9.17, 15) is 0 Å².